The van der Waals surface area contributed by atoms with Gasteiger partial charge in [0.25, 0.3) is 0 Å². The number of benzene rings is 3. The van der Waals surface area contributed by atoms with Gasteiger partial charge in [0.15, 0.2) is 0 Å². The van der Waals surface area contributed by atoms with Crippen LogP contribution in [0.25, 0.3) is 0 Å². The van der Waals surface area contributed by atoms with Crippen molar-refractivity contribution < 1.29 is 62.2 Å². The Morgan fingerprint density at radius 2 is 0.816 bits per heavy atom. The van der Waals surface area contributed by atoms with Gasteiger partial charge in [0.2, 0.25) is 0 Å². The van der Waals surface area contributed by atoms with Gasteiger partial charge in [-0.3, -0.25) is 0 Å². The molecule has 3 aromatic rings. The number of nitrogens with two attached hydrogens (primary N) is 2. The Labute approximate surface area is 204 Å². The molecule has 0 aliphatic rings. The summed E-state index contributed by atoms with van der Waals surface area (Å²) in [6.45, 7) is 0. The monoisotopic (exact) mass is 564 g/mol. The van der Waals surface area contributed by atoms with Crippen LogP contribution in [-0.4, -0.2) is 0 Å². The van der Waals surface area contributed by atoms with Crippen LogP contribution in [0.2, 0.25) is 0 Å². The lowest BCUT2D eigenvalue weighted by atomic mass is 10.0. The standard InChI is InChI=1S/C22H12F12N2O2/c23-19(24,25)13-4-9(35)6-15(17(13)21(29,30)31)37-11-2-1-3-12(8-11)38-16-7-10(36)5-14(20(26,27)28)18(16)22(32,33)34/h1-8H,35-36H2. The third-order valence-corrected chi connectivity index (χ3v) is 4.69. The van der Waals surface area contributed by atoms with Crippen molar-refractivity contribution in [1.82, 2.24) is 0 Å². The lowest BCUT2D eigenvalue weighted by molar-refractivity contribution is -0.162. The van der Waals surface area contributed by atoms with Crippen molar-refractivity contribution in [3.05, 3.63) is 70.8 Å². The van der Waals surface area contributed by atoms with Crippen LogP contribution in [-0.2, 0) is 24.7 Å². The van der Waals surface area contributed by atoms with Crippen LogP contribution >= 0.6 is 0 Å². The van der Waals surface area contributed by atoms with Gasteiger partial charge >= 0.3 is 24.7 Å². The predicted molar refractivity (Wildman–Crippen MR) is 108 cm³/mol. The van der Waals surface area contributed by atoms with E-state index in [-0.39, 0.29) is 12.1 Å². The topological polar surface area (TPSA) is 70.5 Å². The number of halogens is 12. The lowest BCUT2D eigenvalue weighted by Gasteiger charge is -2.21. The Bertz CT molecular complexity index is 1240. The molecule has 0 fully saturated rings. The summed E-state index contributed by atoms with van der Waals surface area (Å²) in [6.07, 6.45) is -22.2. The van der Waals surface area contributed by atoms with Gasteiger partial charge in [0.1, 0.15) is 34.1 Å². The lowest BCUT2D eigenvalue weighted by Crippen LogP contribution is -2.18. The first-order valence-corrected chi connectivity index (χ1v) is 9.79. The van der Waals surface area contributed by atoms with Crippen molar-refractivity contribution >= 4 is 11.4 Å². The smallest absolute Gasteiger partial charge is 0.420 e. The maximum atomic E-state index is 13.5. The molecule has 4 nitrogen and oxygen atoms in total. The van der Waals surface area contributed by atoms with Crippen molar-refractivity contribution in [2.75, 3.05) is 11.5 Å². The summed E-state index contributed by atoms with van der Waals surface area (Å²) in [5.41, 5.74) is 0.250. The Hall–Kier alpha value is -3.98. The first-order valence-electron chi connectivity index (χ1n) is 9.79. The van der Waals surface area contributed by atoms with E-state index in [9.17, 15) is 52.7 Å². The Morgan fingerprint density at radius 3 is 1.11 bits per heavy atom. The third-order valence-electron chi connectivity index (χ3n) is 4.69. The summed E-state index contributed by atoms with van der Waals surface area (Å²) in [7, 11) is 0. The molecule has 0 heterocycles. The van der Waals surface area contributed by atoms with Gasteiger partial charge in [-0.15, -0.1) is 0 Å². The van der Waals surface area contributed by atoms with Crippen LogP contribution in [0.1, 0.15) is 22.3 Å². The zero-order chi connectivity index (χ0) is 28.8. The van der Waals surface area contributed by atoms with E-state index in [0.29, 0.717) is 18.2 Å². The predicted octanol–water partition coefficient (Wildman–Crippen LogP) is 8.51. The fraction of sp³-hybridized carbons (Fsp3) is 0.182. The second kappa shape index (κ2) is 9.40. The minimum atomic E-state index is -5.58. The van der Waals surface area contributed by atoms with E-state index in [1.807, 2.05) is 0 Å². The van der Waals surface area contributed by atoms with E-state index in [0.717, 1.165) is 18.2 Å². The summed E-state index contributed by atoms with van der Waals surface area (Å²) in [4.78, 5) is 0. The number of hydrogen-bond acceptors (Lipinski definition) is 4. The zero-order valence-corrected chi connectivity index (χ0v) is 18.1. The van der Waals surface area contributed by atoms with Gasteiger partial charge in [-0.1, -0.05) is 6.07 Å². The van der Waals surface area contributed by atoms with E-state index in [1.165, 1.54) is 0 Å². The molecule has 0 aliphatic carbocycles. The van der Waals surface area contributed by atoms with E-state index in [4.69, 9.17) is 20.9 Å². The molecule has 0 aromatic heterocycles. The summed E-state index contributed by atoms with van der Waals surface area (Å²) in [5, 5.41) is 0. The molecular formula is C22H12F12N2O2. The molecular weight excluding hydrogens is 552 g/mol. The summed E-state index contributed by atoms with van der Waals surface area (Å²) in [5.74, 6) is -4.16. The molecule has 206 valence electrons. The number of alkyl halides is 12. The van der Waals surface area contributed by atoms with Crippen LogP contribution in [0.5, 0.6) is 23.0 Å². The van der Waals surface area contributed by atoms with E-state index < -0.39 is 81.3 Å². The van der Waals surface area contributed by atoms with Gasteiger partial charge in [-0.05, 0) is 24.3 Å². The quantitative estimate of drug-likeness (QED) is 0.246. The van der Waals surface area contributed by atoms with Gasteiger partial charge in [0.05, 0.1) is 11.1 Å². The van der Waals surface area contributed by atoms with Crippen LogP contribution in [0.3, 0.4) is 0 Å². The average Bonchev–Trinajstić information content (AvgIpc) is 2.70. The molecule has 38 heavy (non-hydrogen) atoms. The Balaban J connectivity index is 2.10. The molecule has 0 saturated carbocycles. The second-order valence-corrected chi connectivity index (χ2v) is 7.55. The molecule has 0 bridgehead atoms. The third kappa shape index (κ3) is 6.28. The van der Waals surface area contributed by atoms with Crippen LogP contribution < -0.4 is 20.9 Å². The van der Waals surface area contributed by atoms with Crippen molar-refractivity contribution in [3.8, 4) is 23.0 Å². The molecule has 3 aromatic carbocycles. The normalized spacial score (nSPS) is 12.9. The number of rotatable bonds is 4. The highest BCUT2D eigenvalue weighted by atomic mass is 19.4. The Morgan fingerprint density at radius 1 is 0.474 bits per heavy atom. The molecule has 0 atom stereocenters. The Kier molecular flexibility index (Phi) is 7.07. The summed E-state index contributed by atoms with van der Waals surface area (Å²) < 4.78 is 170. The van der Waals surface area contributed by atoms with Crippen LogP contribution in [0.4, 0.5) is 64.1 Å². The van der Waals surface area contributed by atoms with Crippen molar-refractivity contribution in [1.29, 1.82) is 0 Å². The minimum absolute atomic E-state index is 0.0337. The van der Waals surface area contributed by atoms with Crippen molar-refractivity contribution in [2.24, 2.45) is 0 Å². The van der Waals surface area contributed by atoms with Crippen molar-refractivity contribution in [2.45, 2.75) is 24.7 Å². The van der Waals surface area contributed by atoms with Crippen molar-refractivity contribution in [3.63, 3.8) is 0 Å². The first kappa shape index (κ1) is 28.6. The van der Waals surface area contributed by atoms with Gasteiger partial charge in [-0.2, -0.15) is 52.7 Å². The van der Waals surface area contributed by atoms with Crippen LogP contribution in [0, 0.1) is 0 Å². The molecule has 4 N–H and O–H groups in total. The highest BCUT2D eigenvalue weighted by Gasteiger charge is 2.47. The van der Waals surface area contributed by atoms with Crippen LogP contribution in [0.15, 0.2) is 48.5 Å². The van der Waals surface area contributed by atoms with Gasteiger partial charge in [-0.25, -0.2) is 0 Å². The molecule has 0 spiro atoms. The fourth-order valence-electron chi connectivity index (χ4n) is 3.32. The van der Waals surface area contributed by atoms with Gasteiger partial charge < -0.3 is 20.9 Å². The zero-order valence-electron chi connectivity index (χ0n) is 18.1. The molecule has 0 aliphatic heterocycles. The maximum absolute atomic E-state index is 13.5. The number of anilines is 2. The van der Waals surface area contributed by atoms with E-state index >= 15 is 0 Å². The summed E-state index contributed by atoms with van der Waals surface area (Å²) in [6, 6.07) is 4.30. The van der Waals surface area contributed by atoms with Gasteiger partial charge in [0, 0.05) is 29.6 Å². The summed E-state index contributed by atoms with van der Waals surface area (Å²) >= 11 is 0. The number of nitrogen functional groups attached to an aromatic ring is 2. The first-order chi connectivity index (χ1) is 17.2. The molecule has 0 radical (unpaired) electrons. The maximum Gasteiger partial charge on any atom is 0.420 e. The van der Waals surface area contributed by atoms with E-state index in [2.05, 4.69) is 0 Å². The minimum Gasteiger partial charge on any atom is -0.456 e. The van der Waals surface area contributed by atoms with E-state index in [1.54, 1.807) is 0 Å². The molecule has 0 saturated heterocycles. The number of hydrogen-bond donors (Lipinski definition) is 2. The molecule has 3 rings (SSSR count). The highest BCUT2D eigenvalue weighted by Crippen LogP contribution is 2.49. The largest absolute Gasteiger partial charge is 0.456 e. The molecule has 0 unspecified atom stereocenters. The molecule has 16 heteroatoms. The molecule has 0 amide bonds. The second-order valence-electron chi connectivity index (χ2n) is 7.55. The fourth-order valence-corrected chi connectivity index (χ4v) is 3.32. The SMILES string of the molecule is Nc1cc(Oc2cccc(Oc3cc(N)cc(C(F)(F)F)c3C(F)(F)F)c2)c(C(F)(F)F)c(C(F)(F)F)c1. The average molecular weight is 564 g/mol. The number of ether oxygens (including phenoxy) is 2. The highest BCUT2D eigenvalue weighted by molar-refractivity contribution is 5.58.